The van der Waals surface area contributed by atoms with E-state index in [9.17, 15) is 5.11 Å². The molecule has 10 heteroatoms. The summed E-state index contributed by atoms with van der Waals surface area (Å²) in [6.45, 7) is 9.63. The first kappa shape index (κ1) is 23.0. The molecule has 1 saturated heterocycles. The lowest BCUT2D eigenvalue weighted by atomic mass is 9.87. The average molecular weight is 499 g/mol. The van der Waals surface area contributed by atoms with Crippen molar-refractivity contribution < 1.29 is 9.84 Å². The topological polar surface area (TPSA) is 89.2 Å². The van der Waals surface area contributed by atoms with Crippen molar-refractivity contribution in [3.8, 4) is 5.75 Å². The van der Waals surface area contributed by atoms with Crippen molar-refractivity contribution >= 4 is 39.7 Å². The van der Waals surface area contributed by atoms with Gasteiger partial charge in [-0.25, -0.2) is 14.6 Å². The second-order valence-electron chi connectivity index (χ2n) is 8.92. The number of anilines is 1. The van der Waals surface area contributed by atoms with Crippen LogP contribution < -0.4 is 9.64 Å². The Kier molecular flexibility index (Phi) is 5.74. The van der Waals surface area contributed by atoms with Gasteiger partial charge in [-0.15, -0.1) is 16.4 Å². The summed E-state index contributed by atoms with van der Waals surface area (Å²) in [5, 5.41) is 22.5. The number of halogens is 1. The molecular weight excluding hydrogens is 472 g/mol. The number of pyridine rings is 1. The Bertz CT molecular complexity index is 1380. The molecule has 4 heterocycles. The molecule has 1 N–H and O–H groups in total. The highest BCUT2D eigenvalue weighted by atomic mass is 35.5. The zero-order valence-corrected chi connectivity index (χ0v) is 21.4. The quantitative estimate of drug-likeness (QED) is 0.422. The maximum absolute atomic E-state index is 12.3. The minimum Gasteiger partial charge on any atom is -0.486 e. The Labute approximate surface area is 207 Å². The number of thiazole rings is 1. The van der Waals surface area contributed by atoms with Crippen LogP contribution in [0, 0.1) is 13.8 Å². The van der Waals surface area contributed by atoms with Crippen molar-refractivity contribution in [2.45, 2.75) is 45.8 Å². The monoisotopic (exact) mass is 498 g/mol. The third-order valence-corrected chi connectivity index (χ3v) is 7.66. The summed E-state index contributed by atoms with van der Waals surface area (Å²) in [5.41, 5.74) is 1.16. The molecule has 1 atom stereocenters. The molecule has 0 unspecified atom stereocenters. The van der Waals surface area contributed by atoms with Crippen LogP contribution in [0.2, 0.25) is 5.02 Å². The third-order valence-electron chi connectivity index (χ3n) is 6.11. The zero-order valence-electron chi connectivity index (χ0n) is 19.8. The standard InChI is InChI=1S/C24H27ClN6O2S/c1-13(2)33-21-20(25)17-11-16(7-8-18(17)28-23(21)31-9-6-10-31)24(32,19-12-26-29-30(19)5)22-14(3)27-15(4)34-22/h7-8,11-13,32H,6,9-10H2,1-5H3/t24-/m1/s1. The summed E-state index contributed by atoms with van der Waals surface area (Å²) in [7, 11) is 1.76. The van der Waals surface area contributed by atoms with Crippen molar-refractivity contribution in [3.05, 3.63) is 56.3 Å². The molecule has 1 aliphatic rings. The van der Waals surface area contributed by atoms with E-state index in [0.29, 0.717) is 27.4 Å². The highest BCUT2D eigenvalue weighted by Gasteiger charge is 2.41. The number of hydrogen-bond donors (Lipinski definition) is 1. The number of benzene rings is 1. The van der Waals surface area contributed by atoms with Crippen molar-refractivity contribution in [1.82, 2.24) is 25.0 Å². The Morgan fingerprint density at radius 1 is 1.21 bits per heavy atom. The molecule has 0 amide bonds. The van der Waals surface area contributed by atoms with Crippen molar-refractivity contribution in [3.63, 3.8) is 0 Å². The van der Waals surface area contributed by atoms with Gasteiger partial charge in [-0.2, -0.15) is 0 Å². The van der Waals surface area contributed by atoms with Gasteiger partial charge in [0.1, 0.15) is 5.69 Å². The van der Waals surface area contributed by atoms with Crippen LogP contribution >= 0.6 is 22.9 Å². The molecule has 4 aromatic rings. The number of aliphatic hydroxyl groups is 1. The molecular formula is C24H27ClN6O2S. The summed E-state index contributed by atoms with van der Waals surface area (Å²) in [6, 6.07) is 5.67. The van der Waals surface area contributed by atoms with Gasteiger partial charge in [0.25, 0.3) is 0 Å². The van der Waals surface area contributed by atoms with Crippen LogP contribution in [0.4, 0.5) is 5.82 Å². The number of fused-ring (bicyclic) bond motifs is 1. The fraction of sp³-hybridized carbons (Fsp3) is 0.417. The first-order chi connectivity index (χ1) is 16.2. The maximum atomic E-state index is 12.3. The van der Waals surface area contributed by atoms with Crippen LogP contribution in [0.15, 0.2) is 24.4 Å². The van der Waals surface area contributed by atoms with Crippen LogP contribution in [0.25, 0.3) is 10.9 Å². The Hall–Kier alpha value is -2.75. The van der Waals surface area contributed by atoms with Crippen molar-refractivity contribution in [2.24, 2.45) is 7.05 Å². The van der Waals surface area contributed by atoms with Crippen LogP contribution in [-0.2, 0) is 12.6 Å². The molecule has 0 spiro atoms. The highest BCUT2D eigenvalue weighted by Crippen LogP contribution is 2.45. The number of hydrogen-bond acceptors (Lipinski definition) is 8. The smallest absolute Gasteiger partial charge is 0.181 e. The van der Waals surface area contributed by atoms with E-state index < -0.39 is 5.60 Å². The minimum absolute atomic E-state index is 0.0553. The lowest BCUT2D eigenvalue weighted by molar-refractivity contribution is 0.119. The third kappa shape index (κ3) is 3.62. The predicted molar refractivity (Wildman–Crippen MR) is 134 cm³/mol. The van der Waals surface area contributed by atoms with Crippen LogP contribution in [0.1, 0.15) is 47.1 Å². The minimum atomic E-state index is -1.51. The fourth-order valence-corrected chi connectivity index (χ4v) is 5.70. The Morgan fingerprint density at radius 3 is 2.53 bits per heavy atom. The average Bonchev–Trinajstić information content (AvgIpc) is 3.33. The van der Waals surface area contributed by atoms with E-state index in [2.05, 4.69) is 20.2 Å². The lowest BCUT2D eigenvalue weighted by Gasteiger charge is -2.34. The molecule has 3 aromatic heterocycles. The second kappa shape index (κ2) is 8.48. The van der Waals surface area contributed by atoms with Gasteiger partial charge >= 0.3 is 0 Å². The van der Waals surface area contributed by atoms with E-state index in [1.54, 1.807) is 17.9 Å². The van der Waals surface area contributed by atoms with Gasteiger partial charge in [-0.05, 0) is 51.8 Å². The molecule has 1 fully saturated rings. The van der Waals surface area contributed by atoms with Gasteiger partial charge in [0.15, 0.2) is 17.2 Å². The number of aryl methyl sites for hydroxylation is 3. The lowest BCUT2D eigenvalue weighted by Crippen LogP contribution is -2.38. The normalized spacial score (nSPS) is 15.6. The van der Waals surface area contributed by atoms with E-state index in [1.165, 1.54) is 11.3 Å². The van der Waals surface area contributed by atoms with Gasteiger partial charge in [-0.1, -0.05) is 22.9 Å². The van der Waals surface area contributed by atoms with Crippen LogP contribution in [0.3, 0.4) is 0 Å². The molecule has 0 aliphatic carbocycles. The fourth-order valence-electron chi connectivity index (χ4n) is 4.38. The molecule has 1 aromatic carbocycles. The van der Waals surface area contributed by atoms with Crippen molar-refractivity contribution in [1.29, 1.82) is 0 Å². The van der Waals surface area contributed by atoms with E-state index in [-0.39, 0.29) is 6.10 Å². The molecule has 1 aliphatic heterocycles. The van der Waals surface area contributed by atoms with E-state index >= 15 is 0 Å². The zero-order chi connectivity index (χ0) is 24.2. The van der Waals surface area contributed by atoms with Gasteiger partial charge in [0, 0.05) is 25.5 Å². The highest BCUT2D eigenvalue weighted by molar-refractivity contribution is 7.11. The van der Waals surface area contributed by atoms with E-state index in [4.69, 9.17) is 21.3 Å². The molecule has 0 radical (unpaired) electrons. The van der Waals surface area contributed by atoms with Gasteiger partial charge in [-0.3, -0.25) is 0 Å². The first-order valence-corrected chi connectivity index (χ1v) is 12.5. The summed E-state index contributed by atoms with van der Waals surface area (Å²) in [4.78, 5) is 12.4. The summed E-state index contributed by atoms with van der Waals surface area (Å²) in [6.07, 6.45) is 2.65. The number of aromatic nitrogens is 5. The molecule has 0 bridgehead atoms. The maximum Gasteiger partial charge on any atom is 0.181 e. The Balaban J connectivity index is 1.75. The molecule has 8 nitrogen and oxygen atoms in total. The van der Waals surface area contributed by atoms with Crippen LogP contribution in [0.5, 0.6) is 5.75 Å². The van der Waals surface area contributed by atoms with Gasteiger partial charge in [0.05, 0.1) is 38.4 Å². The first-order valence-electron chi connectivity index (χ1n) is 11.3. The molecule has 34 heavy (non-hydrogen) atoms. The second-order valence-corrected chi connectivity index (χ2v) is 10.5. The number of nitrogens with zero attached hydrogens (tertiary/aromatic N) is 6. The van der Waals surface area contributed by atoms with Crippen molar-refractivity contribution in [2.75, 3.05) is 18.0 Å². The number of rotatable bonds is 6. The summed E-state index contributed by atoms with van der Waals surface area (Å²) >= 11 is 8.41. The Morgan fingerprint density at radius 2 is 1.97 bits per heavy atom. The van der Waals surface area contributed by atoms with Gasteiger partial charge in [0.2, 0.25) is 0 Å². The van der Waals surface area contributed by atoms with E-state index in [0.717, 1.165) is 46.4 Å². The number of ether oxygens (including phenoxy) is 1. The van der Waals surface area contributed by atoms with Crippen LogP contribution in [-0.4, -0.2) is 49.3 Å². The largest absolute Gasteiger partial charge is 0.486 e. The molecule has 0 saturated carbocycles. The van der Waals surface area contributed by atoms with Gasteiger partial charge < -0.3 is 14.7 Å². The van der Waals surface area contributed by atoms with E-state index in [1.807, 2.05) is 45.9 Å². The SMILES string of the molecule is Cc1nc(C)c([C@@](O)(c2ccc3nc(N4CCC4)c(OC(C)C)c(Cl)c3c2)c2cnnn2C)s1. The summed E-state index contributed by atoms with van der Waals surface area (Å²) < 4.78 is 7.72. The predicted octanol–water partition coefficient (Wildman–Crippen LogP) is 4.37. The molecule has 178 valence electrons. The summed E-state index contributed by atoms with van der Waals surface area (Å²) in [5.74, 6) is 1.35. The molecule has 5 rings (SSSR count).